The third-order valence-electron chi connectivity index (χ3n) is 4.22. The van der Waals surface area contributed by atoms with Gasteiger partial charge in [0.25, 0.3) is 5.91 Å². The van der Waals surface area contributed by atoms with Gasteiger partial charge in [-0.25, -0.2) is 0 Å². The van der Waals surface area contributed by atoms with Crippen LogP contribution < -0.4 is 0 Å². The molecule has 1 saturated heterocycles. The summed E-state index contributed by atoms with van der Waals surface area (Å²) in [5, 5.41) is 8.24. The molecule has 1 atom stereocenters. The zero-order valence-corrected chi connectivity index (χ0v) is 13.5. The van der Waals surface area contributed by atoms with Gasteiger partial charge in [-0.2, -0.15) is 10.2 Å². The van der Waals surface area contributed by atoms with E-state index < -0.39 is 0 Å². The van der Waals surface area contributed by atoms with E-state index in [-0.39, 0.29) is 12.0 Å². The average Bonchev–Trinajstić information content (AvgIpc) is 2.62. The number of piperidine rings is 1. The highest BCUT2D eigenvalue weighted by atomic mass is 16.5. The van der Waals surface area contributed by atoms with Gasteiger partial charge in [0, 0.05) is 31.3 Å². The van der Waals surface area contributed by atoms with Crippen molar-refractivity contribution in [1.29, 1.82) is 0 Å². The number of nitrogens with zero attached hydrogens (tertiary/aromatic N) is 3. The van der Waals surface area contributed by atoms with Crippen LogP contribution in [0.5, 0.6) is 0 Å². The van der Waals surface area contributed by atoms with Gasteiger partial charge in [-0.15, -0.1) is 0 Å². The number of hydrogen-bond donors (Lipinski definition) is 0. The second kappa shape index (κ2) is 6.87. The molecule has 0 aliphatic carbocycles. The van der Waals surface area contributed by atoms with Crippen LogP contribution >= 0.6 is 0 Å². The zero-order valence-electron chi connectivity index (χ0n) is 13.5. The van der Waals surface area contributed by atoms with Crippen LogP contribution in [0.15, 0.2) is 36.4 Å². The Morgan fingerprint density at radius 2 is 1.96 bits per heavy atom. The summed E-state index contributed by atoms with van der Waals surface area (Å²) in [7, 11) is 1.70. The van der Waals surface area contributed by atoms with Gasteiger partial charge in [0.1, 0.15) is 0 Å². The van der Waals surface area contributed by atoms with Crippen molar-refractivity contribution < 1.29 is 9.53 Å². The maximum atomic E-state index is 12.6. The fourth-order valence-corrected chi connectivity index (χ4v) is 2.83. The second-order valence-electron chi connectivity index (χ2n) is 5.89. The molecule has 0 saturated carbocycles. The minimum Gasteiger partial charge on any atom is -0.380 e. The standard InChI is InChI=1S/C18H21N3O2/c1-13-5-10-17(20-19-13)14-6-8-15(9-7-14)18(22)21-11-3-4-16(12-21)23-2/h5-10,16H,3-4,11-12H2,1-2H3/t16-/m1/s1. The number of carbonyl (C=O) groups excluding carboxylic acids is 1. The summed E-state index contributed by atoms with van der Waals surface area (Å²) >= 11 is 0. The van der Waals surface area contributed by atoms with Crippen molar-refractivity contribution in [3.63, 3.8) is 0 Å². The van der Waals surface area contributed by atoms with Crippen molar-refractivity contribution in [2.75, 3.05) is 20.2 Å². The van der Waals surface area contributed by atoms with Gasteiger partial charge in [-0.3, -0.25) is 4.79 Å². The Balaban J connectivity index is 1.73. The van der Waals surface area contributed by atoms with Gasteiger partial charge >= 0.3 is 0 Å². The van der Waals surface area contributed by atoms with Crippen LogP contribution in [0.25, 0.3) is 11.3 Å². The minimum atomic E-state index is 0.0632. The highest BCUT2D eigenvalue weighted by Gasteiger charge is 2.24. The first-order valence-electron chi connectivity index (χ1n) is 7.90. The third kappa shape index (κ3) is 3.56. The molecule has 1 amide bonds. The van der Waals surface area contributed by atoms with Gasteiger partial charge in [0.2, 0.25) is 0 Å². The van der Waals surface area contributed by atoms with E-state index >= 15 is 0 Å². The molecule has 120 valence electrons. The predicted octanol–water partition coefficient (Wildman–Crippen LogP) is 2.70. The Morgan fingerprint density at radius 3 is 2.61 bits per heavy atom. The lowest BCUT2D eigenvalue weighted by Gasteiger charge is -2.32. The lowest BCUT2D eigenvalue weighted by molar-refractivity contribution is 0.0269. The molecule has 1 aromatic heterocycles. The molecule has 1 aliphatic heterocycles. The fourth-order valence-electron chi connectivity index (χ4n) is 2.83. The van der Waals surface area contributed by atoms with E-state index in [0.717, 1.165) is 36.3 Å². The lowest BCUT2D eigenvalue weighted by atomic mass is 10.0. The zero-order chi connectivity index (χ0) is 16.2. The number of ether oxygens (including phenoxy) is 1. The lowest BCUT2D eigenvalue weighted by Crippen LogP contribution is -2.42. The summed E-state index contributed by atoms with van der Waals surface area (Å²) in [6.07, 6.45) is 2.15. The Labute approximate surface area is 136 Å². The molecule has 5 nitrogen and oxygen atoms in total. The summed E-state index contributed by atoms with van der Waals surface area (Å²) in [6.45, 7) is 3.37. The number of hydrogen-bond acceptors (Lipinski definition) is 4. The molecule has 1 fully saturated rings. The monoisotopic (exact) mass is 311 g/mol. The Morgan fingerprint density at radius 1 is 1.17 bits per heavy atom. The SMILES string of the molecule is CO[C@@H]1CCCN(C(=O)c2ccc(-c3ccc(C)nn3)cc2)C1. The molecule has 0 radical (unpaired) electrons. The number of aromatic nitrogens is 2. The Bertz CT molecular complexity index is 668. The van der Waals surface area contributed by atoms with Gasteiger partial charge < -0.3 is 9.64 Å². The second-order valence-corrected chi connectivity index (χ2v) is 5.89. The molecule has 0 N–H and O–H groups in total. The maximum absolute atomic E-state index is 12.6. The van der Waals surface area contributed by atoms with Crippen molar-refractivity contribution in [3.05, 3.63) is 47.7 Å². The van der Waals surface area contributed by atoms with Gasteiger partial charge in [0.15, 0.2) is 0 Å². The van der Waals surface area contributed by atoms with Crippen LogP contribution in [-0.4, -0.2) is 47.3 Å². The first-order chi connectivity index (χ1) is 11.2. The predicted molar refractivity (Wildman–Crippen MR) is 88.1 cm³/mol. The van der Waals surface area contributed by atoms with Gasteiger partial charge in [-0.1, -0.05) is 12.1 Å². The van der Waals surface area contributed by atoms with Crippen LogP contribution in [0.2, 0.25) is 0 Å². The number of amides is 1. The minimum absolute atomic E-state index is 0.0632. The molecule has 0 bridgehead atoms. The molecule has 3 rings (SSSR count). The van der Waals surface area contributed by atoms with Crippen LogP contribution in [0.1, 0.15) is 28.9 Å². The number of rotatable bonds is 3. The molecule has 5 heteroatoms. The number of methoxy groups -OCH3 is 1. The molecular formula is C18H21N3O2. The first-order valence-corrected chi connectivity index (χ1v) is 7.90. The van der Waals surface area contributed by atoms with E-state index in [1.54, 1.807) is 7.11 Å². The molecule has 2 aromatic rings. The molecule has 23 heavy (non-hydrogen) atoms. The van der Waals surface area contributed by atoms with Gasteiger partial charge in [-0.05, 0) is 44.0 Å². The summed E-state index contributed by atoms with van der Waals surface area (Å²) in [5.41, 5.74) is 3.36. The molecule has 1 aromatic carbocycles. The fraction of sp³-hybridized carbons (Fsp3) is 0.389. The van der Waals surface area contributed by atoms with Crippen LogP contribution in [-0.2, 0) is 4.74 Å². The summed E-state index contributed by atoms with van der Waals surface area (Å²) in [6, 6.07) is 11.4. The number of carbonyl (C=O) groups is 1. The van der Waals surface area contributed by atoms with Crippen molar-refractivity contribution in [3.8, 4) is 11.3 Å². The van der Waals surface area contributed by atoms with Crippen molar-refractivity contribution in [2.45, 2.75) is 25.9 Å². The first kappa shape index (κ1) is 15.6. The number of aryl methyl sites for hydroxylation is 1. The molecular weight excluding hydrogens is 290 g/mol. The third-order valence-corrected chi connectivity index (χ3v) is 4.22. The van der Waals surface area contributed by atoms with Crippen LogP contribution in [0.3, 0.4) is 0 Å². The largest absolute Gasteiger partial charge is 0.380 e. The van der Waals surface area contributed by atoms with Crippen molar-refractivity contribution in [2.24, 2.45) is 0 Å². The van der Waals surface area contributed by atoms with Gasteiger partial charge in [0.05, 0.1) is 17.5 Å². The highest BCUT2D eigenvalue weighted by Crippen LogP contribution is 2.19. The molecule has 2 heterocycles. The topological polar surface area (TPSA) is 55.3 Å². The van der Waals surface area contributed by atoms with Crippen molar-refractivity contribution in [1.82, 2.24) is 15.1 Å². The molecule has 0 spiro atoms. The van der Waals surface area contributed by atoms with E-state index in [0.29, 0.717) is 12.1 Å². The van der Waals surface area contributed by atoms with Crippen molar-refractivity contribution >= 4 is 5.91 Å². The maximum Gasteiger partial charge on any atom is 0.253 e. The molecule has 1 aliphatic rings. The van der Waals surface area contributed by atoms with E-state index in [1.807, 2.05) is 48.2 Å². The number of benzene rings is 1. The smallest absolute Gasteiger partial charge is 0.253 e. The summed E-state index contributed by atoms with van der Waals surface area (Å²) in [5.74, 6) is 0.0632. The normalized spacial score (nSPS) is 18.0. The quantitative estimate of drug-likeness (QED) is 0.874. The van der Waals surface area contributed by atoms with E-state index in [9.17, 15) is 4.79 Å². The number of likely N-dealkylation sites (tertiary alicyclic amines) is 1. The summed E-state index contributed by atoms with van der Waals surface area (Å²) in [4.78, 5) is 14.5. The highest BCUT2D eigenvalue weighted by molar-refractivity contribution is 5.94. The Kier molecular flexibility index (Phi) is 4.67. The summed E-state index contributed by atoms with van der Waals surface area (Å²) < 4.78 is 5.38. The Hall–Kier alpha value is -2.27. The van der Waals surface area contributed by atoms with E-state index in [1.165, 1.54) is 0 Å². The van der Waals surface area contributed by atoms with E-state index in [4.69, 9.17) is 4.74 Å². The average molecular weight is 311 g/mol. The van der Waals surface area contributed by atoms with Crippen LogP contribution in [0.4, 0.5) is 0 Å². The van der Waals surface area contributed by atoms with Crippen LogP contribution in [0, 0.1) is 6.92 Å². The van der Waals surface area contributed by atoms with E-state index in [2.05, 4.69) is 10.2 Å². The molecule has 0 unspecified atom stereocenters.